The topological polar surface area (TPSA) is 155 Å². The quantitative estimate of drug-likeness (QED) is 0.216. The predicted molar refractivity (Wildman–Crippen MR) is 156 cm³/mol. The second-order valence-electron chi connectivity index (χ2n) is 12.3. The van der Waals surface area contributed by atoms with Gasteiger partial charge in [-0.05, 0) is 69.7 Å². The fourth-order valence-electron chi connectivity index (χ4n) is 5.76. The third kappa shape index (κ3) is 6.39. The van der Waals surface area contributed by atoms with Gasteiger partial charge in [0.25, 0.3) is 11.8 Å². The molecule has 4 N–H and O–H groups in total. The van der Waals surface area contributed by atoms with Crippen molar-refractivity contribution in [2.75, 3.05) is 13.7 Å². The maximum Gasteiger partial charge on any atom is 0.333 e. The van der Waals surface area contributed by atoms with Crippen LogP contribution in [0.15, 0.2) is 36.5 Å². The summed E-state index contributed by atoms with van der Waals surface area (Å²) in [6, 6.07) is 7.51. The summed E-state index contributed by atoms with van der Waals surface area (Å²) in [6.45, 7) is 4.01. The molecule has 0 bridgehead atoms. The Morgan fingerprint density at radius 1 is 1.18 bits per heavy atom. The minimum atomic E-state index is -2.98. The molecule has 1 aliphatic carbocycles. The first-order chi connectivity index (χ1) is 20.7. The van der Waals surface area contributed by atoms with Gasteiger partial charge in [-0.2, -0.15) is 13.9 Å². The summed E-state index contributed by atoms with van der Waals surface area (Å²) in [6.07, 6.45) is 3.28. The number of amides is 2. The number of methoxy groups -OCH3 is 1. The van der Waals surface area contributed by atoms with Crippen LogP contribution in [-0.2, 0) is 0 Å². The number of ether oxygens (including phenoxy) is 3. The van der Waals surface area contributed by atoms with Gasteiger partial charge in [-0.1, -0.05) is 6.92 Å². The highest BCUT2D eigenvalue weighted by molar-refractivity contribution is 6.05. The molecule has 12 nitrogen and oxygen atoms in total. The van der Waals surface area contributed by atoms with E-state index in [9.17, 15) is 23.5 Å². The second kappa shape index (κ2) is 11.6. The summed E-state index contributed by atoms with van der Waals surface area (Å²) >= 11 is 0. The number of carbonyl (C=O) groups is 2. The van der Waals surface area contributed by atoms with E-state index < -0.39 is 24.0 Å². The third-order valence-corrected chi connectivity index (χ3v) is 7.62. The maximum atomic E-state index is 13.8. The fraction of sp³-hybridized carbons (Fsp3) is 0.467. The van der Waals surface area contributed by atoms with E-state index in [0.29, 0.717) is 35.2 Å². The van der Waals surface area contributed by atoms with Crippen LogP contribution in [0, 0.1) is 5.41 Å². The number of alkyl halides is 2. The van der Waals surface area contributed by atoms with Gasteiger partial charge in [-0.3, -0.25) is 9.59 Å². The van der Waals surface area contributed by atoms with Gasteiger partial charge in [0, 0.05) is 17.5 Å². The lowest BCUT2D eigenvalue weighted by Gasteiger charge is -2.46. The van der Waals surface area contributed by atoms with Crippen molar-refractivity contribution in [2.45, 2.75) is 71.3 Å². The summed E-state index contributed by atoms with van der Waals surface area (Å²) in [5, 5.41) is 21.3. The molecule has 0 spiro atoms. The SMILES string of the molecule is COc1ccc2c(C(N)=O)c(O[C@H]3C[C@](C)(C[C@H](C)NC(=O)c4nn(C(F)F)c5cc(OCC(C)(C)O)ccc45)C3)nn2c1. The van der Waals surface area contributed by atoms with E-state index >= 15 is 0 Å². The van der Waals surface area contributed by atoms with Crippen LogP contribution < -0.4 is 25.3 Å². The first-order valence-corrected chi connectivity index (χ1v) is 14.2. The van der Waals surface area contributed by atoms with Crippen LogP contribution in [0.25, 0.3) is 16.4 Å². The average molecular weight is 615 g/mol. The number of pyridine rings is 1. The van der Waals surface area contributed by atoms with Crippen molar-refractivity contribution in [3.63, 3.8) is 0 Å². The molecule has 0 unspecified atom stereocenters. The average Bonchev–Trinajstić information content (AvgIpc) is 3.48. The van der Waals surface area contributed by atoms with E-state index in [0.717, 1.165) is 0 Å². The predicted octanol–water partition coefficient (Wildman–Crippen LogP) is 4.09. The van der Waals surface area contributed by atoms with E-state index in [4.69, 9.17) is 19.9 Å². The molecule has 44 heavy (non-hydrogen) atoms. The Kier molecular flexibility index (Phi) is 8.14. The lowest BCUT2D eigenvalue weighted by Crippen LogP contribution is -2.46. The van der Waals surface area contributed by atoms with Crippen LogP contribution in [0.1, 0.15) is 74.4 Å². The zero-order valence-corrected chi connectivity index (χ0v) is 25.1. The number of rotatable bonds is 12. The Hall–Kier alpha value is -4.46. The number of benzene rings is 1. The number of nitrogens with zero attached hydrogens (tertiary/aromatic N) is 4. The van der Waals surface area contributed by atoms with Gasteiger partial charge in [-0.15, -0.1) is 5.10 Å². The van der Waals surface area contributed by atoms with Crippen molar-refractivity contribution < 1.29 is 37.7 Å². The first-order valence-electron chi connectivity index (χ1n) is 14.2. The molecule has 0 aliphatic heterocycles. The van der Waals surface area contributed by atoms with Crippen molar-refractivity contribution in [2.24, 2.45) is 11.1 Å². The second-order valence-corrected chi connectivity index (χ2v) is 12.3. The number of hydrogen-bond donors (Lipinski definition) is 3. The largest absolute Gasteiger partial charge is 0.495 e. The number of hydrogen-bond acceptors (Lipinski definition) is 8. The highest BCUT2D eigenvalue weighted by Crippen LogP contribution is 2.46. The van der Waals surface area contributed by atoms with E-state index in [1.807, 2.05) is 6.92 Å². The molecule has 236 valence electrons. The molecule has 0 saturated heterocycles. The van der Waals surface area contributed by atoms with Crippen LogP contribution >= 0.6 is 0 Å². The molecule has 3 heterocycles. The zero-order chi connectivity index (χ0) is 32.0. The van der Waals surface area contributed by atoms with Gasteiger partial charge in [0.05, 0.1) is 29.9 Å². The number of carbonyl (C=O) groups excluding carboxylic acids is 2. The Morgan fingerprint density at radius 3 is 2.52 bits per heavy atom. The van der Waals surface area contributed by atoms with E-state index in [-0.39, 0.29) is 58.0 Å². The molecule has 0 radical (unpaired) electrons. The Bertz CT molecular complexity index is 1710. The molecule has 1 aromatic carbocycles. The highest BCUT2D eigenvalue weighted by atomic mass is 19.3. The van der Waals surface area contributed by atoms with Gasteiger partial charge in [0.15, 0.2) is 5.69 Å². The molecule has 3 aromatic heterocycles. The van der Waals surface area contributed by atoms with Crippen LogP contribution in [-0.4, -0.2) is 67.8 Å². The normalized spacial score (nSPS) is 19.2. The number of nitrogens with two attached hydrogens (primary N) is 1. The number of primary amides is 1. The first kappa shape index (κ1) is 31.0. The van der Waals surface area contributed by atoms with Crippen LogP contribution in [0.5, 0.6) is 17.4 Å². The monoisotopic (exact) mass is 614 g/mol. The number of nitrogens with one attached hydrogen (secondary N) is 1. The van der Waals surface area contributed by atoms with Crippen molar-refractivity contribution in [1.82, 2.24) is 24.7 Å². The fourth-order valence-corrected chi connectivity index (χ4v) is 5.76. The third-order valence-electron chi connectivity index (χ3n) is 7.62. The number of halogens is 2. The van der Waals surface area contributed by atoms with Gasteiger partial charge in [-0.25, -0.2) is 9.20 Å². The summed E-state index contributed by atoms with van der Waals surface area (Å²) in [4.78, 5) is 25.4. The number of aromatic nitrogens is 4. The Labute approximate surface area is 252 Å². The Morgan fingerprint density at radius 2 is 1.89 bits per heavy atom. The van der Waals surface area contributed by atoms with Crippen LogP contribution in [0.4, 0.5) is 8.78 Å². The summed E-state index contributed by atoms with van der Waals surface area (Å²) in [5.74, 6) is -0.256. The van der Waals surface area contributed by atoms with Crippen LogP contribution in [0.3, 0.4) is 0 Å². The molecule has 5 rings (SSSR count). The molecule has 14 heteroatoms. The van der Waals surface area contributed by atoms with Crippen molar-refractivity contribution in [3.8, 4) is 17.4 Å². The molecule has 1 saturated carbocycles. The molecule has 4 aromatic rings. The summed E-state index contributed by atoms with van der Waals surface area (Å²) in [7, 11) is 1.53. The minimum absolute atomic E-state index is 0.0396. The van der Waals surface area contributed by atoms with E-state index in [1.165, 1.54) is 23.8 Å². The van der Waals surface area contributed by atoms with Gasteiger partial charge in [0.1, 0.15) is 29.8 Å². The molecule has 1 aliphatic rings. The van der Waals surface area contributed by atoms with Crippen molar-refractivity contribution in [3.05, 3.63) is 47.8 Å². The van der Waals surface area contributed by atoms with Crippen molar-refractivity contribution in [1.29, 1.82) is 0 Å². The lowest BCUT2D eigenvalue weighted by molar-refractivity contribution is -0.0154. The summed E-state index contributed by atoms with van der Waals surface area (Å²) < 4.78 is 46.4. The molecule has 2 amide bonds. The molecule has 1 atom stereocenters. The maximum absolute atomic E-state index is 13.8. The van der Waals surface area contributed by atoms with E-state index in [1.54, 1.807) is 38.2 Å². The zero-order valence-electron chi connectivity index (χ0n) is 25.1. The van der Waals surface area contributed by atoms with Crippen LogP contribution in [0.2, 0.25) is 0 Å². The van der Waals surface area contributed by atoms with Gasteiger partial charge in [0.2, 0.25) is 5.88 Å². The highest BCUT2D eigenvalue weighted by Gasteiger charge is 2.43. The van der Waals surface area contributed by atoms with Gasteiger partial charge < -0.3 is 30.4 Å². The summed E-state index contributed by atoms with van der Waals surface area (Å²) in [5.41, 5.74) is 4.93. The lowest BCUT2D eigenvalue weighted by atomic mass is 9.65. The standard InChI is InChI=1S/C30H36F2N6O6/c1-16(34-26(40)24-20-8-6-17(43-15-29(2,3)41)10-22(20)38(35-24)28(31)32)11-30(4)12-19(13-30)44-27-23(25(33)39)21-9-7-18(42-5)14-37(21)36-27/h6-10,14,16,19,28,41H,11-13,15H2,1-5H3,(H2,33,39)(H,34,40)/t16-,19-,30-/m0/s1. The number of aliphatic hydroxyl groups is 1. The van der Waals surface area contributed by atoms with Crippen molar-refractivity contribution >= 4 is 28.2 Å². The van der Waals surface area contributed by atoms with E-state index in [2.05, 4.69) is 22.4 Å². The minimum Gasteiger partial charge on any atom is -0.495 e. The smallest absolute Gasteiger partial charge is 0.333 e. The molecule has 1 fully saturated rings. The van der Waals surface area contributed by atoms with Gasteiger partial charge >= 0.3 is 6.55 Å². The Balaban J connectivity index is 1.23. The molecular formula is C30H36F2N6O6. The molecular weight excluding hydrogens is 578 g/mol. The number of fused-ring (bicyclic) bond motifs is 2.